The summed E-state index contributed by atoms with van der Waals surface area (Å²) >= 11 is 6.28. The lowest BCUT2D eigenvalue weighted by atomic mass is 10.1. The largest absolute Gasteiger partial charge is 0.454 e. The van der Waals surface area contributed by atoms with Crippen LogP contribution in [0.2, 0.25) is 5.02 Å². The zero-order valence-corrected chi connectivity index (χ0v) is 18.3. The number of benzene rings is 3. The monoisotopic (exact) mass is 448 g/mol. The molecule has 6 nitrogen and oxygen atoms in total. The Morgan fingerprint density at radius 2 is 1.44 bits per heavy atom. The zero-order chi connectivity index (χ0) is 22.7. The molecule has 1 aliphatic rings. The fourth-order valence-corrected chi connectivity index (χ4v) is 3.55. The van der Waals surface area contributed by atoms with E-state index in [1.54, 1.807) is 24.3 Å². The highest BCUT2D eigenvalue weighted by molar-refractivity contribution is 6.33. The maximum atomic E-state index is 13.2. The van der Waals surface area contributed by atoms with E-state index in [1.165, 1.54) is 6.08 Å². The predicted octanol–water partition coefficient (Wildman–Crippen LogP) is 5.35. The highest BCUT2D eigenvalue weighted by Gasteiger charge is 2.22. The number of hydrogen-bond acceptors (Lipinski definition) is 4. The highest BCUT2D eigenvalue weighted by atomic mass is 35.5. The molecule has 32 heavy (non-hydrogen) atoms. The number of halogens is 1. The van der Waals surface area contributed by atoms with Crippen LogP contribution in [-0.2, 0) is 9.59 Å². The smallest absolute Gasteiger partial charge is 0.261 e. The number of nitrogens with one attached hydrogen (secondary N) is 2. The number of amides is 2. The lowest BCUT2D eigenvalue weighted by molar-refractivity contribution is -0.118. The van der Waals surface area contributed by atoms with Gasteiger partial charge in [-0.25, -0.2) is 0 Å². The normalized spacial score (nSPS) is 11.6. The van der Waals surface area contributed by atoms with Gasteiger partial charge in [0.2, 0.25) is 6.79 Å². The van der Waals surface area contributed by atoms with Gasteiger partial charge in [-0.15, -0.1) is 0 Å². The maximum Gasteiger partial charge on any atom is 0.261 e. The van der Waals surface area contributed by atoms with E-state index in [9.17, 15) is 9.59 Å². The number of ether oxygens (including phenoxy) is 2. The molecule has 0 aromatic heterocycles. The summed E-state index contributed by atoms with van der Waals surface area (Å²) in [5.74, 6) is -0.181. The molecular weight excluding hydrogens is 428 g/mol. The minimum atomic E-state index is -0.542. The fraction of sp³-hybridized carbons (Fsp3) is 0.120. The first-order valence-corrected chi connectivity index (χ1v) is 10.3. The van der Waals surface area contributed by atoms with Crippen molar-refractivity contribution in [1.82, 2.24) is 0 Å². The third kappa shape index (κ3) is 4.60. The van der Waals surface area contributed by atoms with Crippen molar-refractivity contribution in [1.29, 1.82) is 0 Å². The summed E-state index contributed by atoms with van der Waals surface area (Å²) in [5, 5.41) is 5.98. The van der Waals surface area contributed by atoms with Gasteiger partial charge in [0.15, 0.2) is 11.5 Å². The summed E-state index contributed by atoms with van der Waals surface area (Å²) in [5.41, 5.74) is 3.46. The van der Waals surface area contributed by atoms with Crippen molar-refractivity contribution in [3.63, 3.8) is 0 Å². The molecule has 0 atom stereocenters. The van der Waals surface area contributed by atoms with Gasteiger partial charge in [-0.05, 0) is 60.9 Å². The van der Waals surface area contributed by atoms with E-state index in [0.29, 0.717) is 33.5 Å². The Morgan fingerprint density at radius 1 is 0.875 bits per heavy atom. The first-order chi connectivity index (χ1) is 15.4. The number of carbonyl (C=O) groups excluding carboxylic acids is 2. The Balaban J connectivity index is 1.70. The second-order valence-electron chi connectivity index (χ2n) is 7.33. The minimum absolute atomic E-state index is 0.0661. The molecule has 2 amide bonds. The van der Waals surface area contributed by atoms with Crippen LogP contribution in [0, 0.1) is 13.8 Å². The van der Waals surface area contributed by atoms with Gasteiger partial charge in [0, 0.05) is 11.4 Å². The number of fused-ring (bicyclic) bond motifs is 1. The van der Waals surface area contributed by atoms with Crippen LogP contribution < -0.4 is 20.1 Å². The zero-order valence-electron chi connectivity index (χ0n) is 17.6. The van der Waals surface area contributed by atoms with E-state index in [-0.39, 0.29) is 12.4 Å². The van der Waals surface area contributed by atoms with E-state index in [1.807, 2.05) is 50.2 Å². The molecule has 1 heterocycles. The number of para-hydroxylation sites is 2. The number of carbonyl (C=O) groups is 2. The molecule has 0 aliphatic carbocycles. The molecule has 3 aromatic carbocycles. The van der Waals surface area contributed by atoms with Crippen LogP contribution >= 0.6 is 11.6 Å². The Kier molecular flexibility index (Phi) is 6.14. The standard InChI is InChI=1S/C25H21ClN2O4/c1-15-7-3-5-9-20(15)27-24(29)18(25(30)28-21-10-6-4-8-16(21)2)11-17-12-19(26)23-22(13-17)31-14-32-23/h3-13H,14H2,1-2H3,(H,27,29)(H,28,30). The first kappa shape index (κ1) is 21.5. The van der Waals surface area contributed by atoms with Crippen molar-refractivity contribution >= 4 is 40.9 Å². The molecule has 0 saturated heterocycles. The van der Waals surface area contributed by atoms with Gasteiger partial charge < -0.3 is 20.1 Å². The van der Waals surface area contributed by atoms with Crippen LogP contribution in [0.25, 0.3) is 6.08 Å². The van der Waals surface area contributed by atoms with Crippen LogP contribution in [-0.4, -0.2) is 18.6 Å². The summed E-state index contributed by atoms with van der Waals surface area (Å²) in [6, 6.07) is 18.0. The first-order valence-electron chi connectivity index (χ1n) is 9.97. The molecule has 0 unspecified atom stereocenters. The van der Waals surface area contributed by atoms with Gasteiger partial charge >= 0.3 is 0 Å². The average molecular weight is 449 g/mol. The molecule has 3 aromatic rings. The Bertz CT molecular complexity index is 1170. The Labute approximate surface area is 190 Å². The van der Waals surface area contributed by atoms with Crippen molar-refractivity contribution < 1.29 is 19.1 Å². The number of anilines is 2. The number of hydrogen-bond donors (Lipinski definition) is 2. The van der Waals surface area contributed by atoms with Crippen molar-refractivity contribution in [2.45, 2.75) is 13.8 Å². The summed E-state index contributed by atoms with van der Waals surface area (Å²) < 4.78 is 10.7. The van der Waals surface area contributed by atoms with Gasteiger partial charge in [-0.3, -0.25) is 9.59 Å². The van der Waals surface area contributed by atoms with Gasteiger partial charge in [-0.1, -0.05) is 48.0 Å². The second-order valence-corrected chi connectivity index (χ2v) is 7.74. The van der Waals surface area contributed by atoms with Crippen molar-refractivity contribution in [3.8, 4) is 11.5 Å². The molecule has 0 spiro atoms. The highest BCUT2D eigenvalue weighted by Crippen LogP contribution is 2.40. The molecule has 4 rings (SSSR count). The Hall–Kier alpha value is -3.77. The number of rotatable bonds is 5. The molecule has 2 N–H and O–H groups in total. The van der Waals surface area contributed by atoms with E-state index < -0.39 is 11.8 Å². The van der Waals surface area contributed by atoms with Gasteiger partial charge in [0.1, 0.15) is 5.57 Å². The second kappa shape index (κ2) is 9.16. The fourth-order valence-electron chi connectivity index (χ4n) is 3.28. The van der Waals surface area contributed by atoms with E-state index in [2.05, 4.69) is 10.6 Å². The quantitative estimate of drug-likeness (QED) is 0.313. The van der Waals surface area contributed by atoms with Crippen molar-refractivity contribution in [2.75, 3.05) is 17.4 Å². The lowest BCUT2D eigenvalue weighted by Gasteiger charge is -2.13. The van der Waals surface area contributed by atoms with Crippen molar-refractivity contribution in [3.05, 3.63) is 87.9 Å². The number of aryl methyl sites for hydroxylation is 2. The van der Waals surface area contributed by atoms with E-state index in [0.717, 1.165) is 11.1 Å². The molecule has 0 radical (unpaired) electrons. The Morgan fingerprint density at radius 3 is 2.00 bits per heavy atom. The van der Waals surface area contributed by atoms with Crippen LogP contribution in [0.4, 0.5) is 11.4 Å². The molecule has 0 bridgehead atoms. The molecule has 1 aliphatic heterocycles. The molecule has 162 valence electrons. The van der Waals surface area contributed by atoms with Crippen LogP contribution in [0.1, 0.15) is 16.7 Å². The van der Waals surface area contributed by atoms with Gasteiger partial charge in [0.25, 0.3) is 11.8 Å². The third-order valence-corrected chi connectivity index (χ3v) is 5.32. The summed E-state index contributed by atoms with van der Waals surface area (Å²) in [7, 11) is 0. The molecular formula is C25H21ClN2O4. The summed E-state index contributed by atoms with van der Waals surface area (Å²) in [4.78, 5) is 26.4. The van der Waals surface area contributed by atoms with Crippen molar-refractivity contribution in [2.24, 2.45) is 0 Å². The van der Waals surface area contributed by atoms with E-state index >= 15 is 0 Å². The maximum absolute atomic E-state index is 13.2. The SMILES string of the molecule is Cc1ccccc1NC(=O)C(=Cc1cc(Cl)c2c(c1)OCO2)C(=O)Nc1ccccc1C. The van der Waals surface area contributed by atoms with Crippen LogP contribution in [0.5, 0.6) is 11.5 Å². The van der Waals surface area contributed by atoms with Crippen LogP contribution in [0.15, 0.2) is 66.2 Å². The van der Waals surface area contributed by atoms with Crippen LogP contribution in [0.3, 0.4) is 0 Å². The molecule has 0 saturated carbocycles. The predicted molar refractivity (Wildman–Crippen MR) is 125 cm³/mol. The van der Waals surface area contributed by atoms with E-state index in [4.69, 9.17) is 21.1 Å². The summed E-state index contributed by atoms with van der Waals surface area (Å²) in [6.45, 7) is 3.82. The average Bonchev–Trinajstić information content (AvgIpc) is 3.24. The third-order valence-electron chi connectivity index (χ3n) is 5.04. The van der Waals surface area contributed by atoms with Gasteiger partial charge in [-0.2, -0.15) is 0 Å². The molecule has 0 fully saturated rings. The minimum Gasteiger partial charge on any atom is -0.454 e. The molecule has 7 heteroatoms. The lowest BCUT2D eigenvalue weighted by Crippen LogP contribution is -2.25. The topological polar surface area (TPSA) is 76.7 Å². The van der Waals surface area contributed by atoms with Gasteiger partial charge in [0.05, 0.1) is 5.02 Å². The summed E-state index contributed by atoms with van der Waals surface area (Å²) in [6.07, 6.45) is 1.48.